The minimum Gasteiger partial charge on any atom is -0.496 e. The molecule has 0 bridgehead atoms. The van der Waals surface area contributed by atoms with Gasteiger partial charge in [0.1, 0.15) is 5.75 Å². The van der Waals surface area contributed by atoms with Gasteiger partial charge in [-0.15, -0.1) is 0 Å². The second kappa shape index (κ2) is 6.42. The number of nitrogens with one attached hydrogen (secondary N) is 1. The smallest absolute Gasteiger partial charge is 0.133 e. The van der Waals surface area contributed by atoms with Gasteiger partial charge < -0.3 is 10.1 Å². The van der Waals surface area contributed by atoms with Crippen LogP contribution in [0.25, 0.3) is 0 Å². The highest BCUT2D eigenvalue weighted by Crippen LogP contribution is 2.30. The molecule has 1 unspecified atom stereocenters. The van der Waals surface area contributed by atoms with Gasteiger partial charge in [-0.05, 0) is 58.4 Å². The van der Waals surface area contributed by atoms with Crippen molar-refractivity contribution in [3.63, 3.8) is 0 Å². The Bertz CT molecular complexity index is 557. The highest BCUT2D eigenvalue weighted by Gasteiger charge is 2.13. The van der Waals surface area contributed by atoms with E-state index in [1.54, 1.807) is 7.11 Å². The van der Waals surface area contributed by atoms with E-state index in [1.807, 2.05) is 37.4 Å². The summed E-state index contributed by atoms with van der Waals surface area (Å²) >= 11 is 9.44. The highest BCUT2D eigenvalue weighted by molar-refractivity contribution is 9.10. The molecule has 0 aromatic heterocycles. The predicted molar refractivity (Wildman–Crippen MR) is 83.0 cm³/mol. The summed E-state index contributed by atoms with van der Waals surface area (Å²) in [5, 5.41) is 4.06. The highest BCUT2D eigenvalue weighted by atomic mass is 79.9. The van der Waals surface area contributed by atoms with Crippen LogP contribution >= 0.6 is 27.5 Å². The van der Waals surface area contributed by atoms with Crippen LogP contribution in [0.15, 0.2) is 46.9 Å². The summed E-state index contributed by atoms with van der Waals surface area (Å²) in [6.45, 7) is 0. The molecule has 0 fully saturated rings. The summed E-state index contributed by atoms with van der Waals surface area (Å²) in [4.78, 5) is 0. The summed E-state index contributed by atoms with van der Waals surface area (Å²) in [5.74, 6) is 0.828. The van der Waals surface area contributed by atoms with Crippen molar-refractivity contribution in [3.05, 3.63) is 63.1 Å². The standard InChI is InChI=1S/C15H15BrClNO/c1-18-15(10-3-6-12(17)7-4-10)11-5-8-14(19-2)13(16)9-11/h3-9,15,18H,1-2H3. The van der Waals surface area contributed by atoms with Gasteiger partial charge in [0.25, 0.3) is 0 Å². The zero-order chi connectivity index (χ0) is 13.8. The minimum atomic E-state index is 0.125. The van der Waals surface area contributed by atoms with E-state index in [-0.39, 0.29) is 6.04 Å². The van der Waals surface area contributed by atoms with Crippen molar-refractivity contribution in [3.8, 4) is 5.75 Å². The van der Waals surface area contributed by atoms with Gasteiger partial charge in [0, 0.05) is 5.02 Å². The van der Waals surface area contributed by atoms with Crippen LogP contribution in [0.1, 0.15) is 17.2 Å². The molecule has 0 saturated carbocycles. The summed E-state index contributed by atoms with van der Waals surface area (Å²) in [7, 11) is 3.60. The molecular formula is C15H15BrClNO. The molecule has 2 rings (SSSR count). The zero-order valence-electron chi connectivity index (χ0n) is 10.8. The number of benzene rings is 2. The van der Waals surface area contributed by atoms with Crippen LogP contribution in [0.2, 0.25) is 5.02 Å². The summed E-state index contributed by atoms with van der Waals surface area (Å²) in [6.07, 6.45) is 0. The van der Waals surface area contributed by atoms with E-state index < -0.39 is 0 Å². The van der Waals surface area contributed by atoms with Gasteiger partial charge in [-0.1, -0.05) is 29.8 Å². The lowest BCUT2D eigenvalue weighted by Crippen LogP contribution is -2.17. The second-order valence-corrected chi connectivity index (χ2v) is 5.46. The Kier molecular flexibility index (Phi) is 4.86. The van der Waals surface area contributed by atoms with Crippen LogP contribution in [0.3, 0.4) is 0 Å². The third-order valence-corrected chi connectivity index (χ3v) is 3.87. The number of hydrogen-bond acceptors (Lipinski definition) is 2. The van der Waals surface area contributed by atoms with Crippen LogP contribution in [0, 0.1) is 0 Å². The van der Waals surface area contributed by atoms with Crippen molar-refractivity contribution in [1.82, 2.24) is 5.32 Å². The predicted octanol–water partition coefficient (Wildman–Crippen LogP) is 4.42. The molecule has 100 valence electrons. The lowest BCUT2D eigenvalue weighted by atomic mass is 9.99. The lowest BCUT2D eigenvalue weighted by molar-refractivity contribution is 0.412. The lowest BCUT2D eigenvalue weighted by Gasteiger charge is -2.18. The molecule has 0 aliphatic carbocycles. The van der Waals surface area contributed by atoms with Crippen molar-refractivity contribution in [2.45, 2.75) is 6.04 Å². The molecule has 2 aromatic rings. The SMILES string of the molecule is CNC(c1ccc(Cl)cc1)c1ccc(OC)c(Br)c1. The fourth-order valence-corrected chi connectivity index (χ4v) is 2.73. The Morgan fingerprint density at radius 2 is 1.74 bits per heavy atom. The first-order valence-corrected chi connectivity index (χ1v) is 7.09. The van der Waals surface area contributed by atoms with Gasteiger partial charge in [-0.25, -0.2) is 0 Å². The molecule has 0 heterocycles. The average molecular weight is 341 g/mol. The van der Waals surface area contributed by atoms with E-state index in [4.69, 9.17) is 16.3 Å². The third-order valence-electron chi connectivity index (χ3n) is 3.00. The normalized spacial score (nSPS) is 12.2. The van der Waals surface area contributed by atoms with Crippen molar-refractivity contribution >= 4 is 27.5 Å². The average Bonchev–Trinajstić information content (AvgIpc) is 2.42. The Morgan fingerprint density at radius 3 is 2.26 bits per heavy atom. The van der Waals surface area contributed by atoms with Crippen molar-refractivity contribution < 1.29 is 4.74 Å². The molecular weight excluding hydrogens is 326 g/mol. The van der Waals surface area contributed by atoms with E-state index in [9.17, 15) is 0 Å². The van der Waals surface area contributed by atoms with Crippen molar-refractivity contribution in [2.75, 3.05) is 14.2 Å². The zero-order valence-corrected chi connectivity index (χ0v) is 13.1. The first kappa shape index (κ1) is 14.4. The molecule has 2 nitrogen and oxygen atoms in total. The number of halogens is 2. The summed E-state index contributed by atoms with van der Waals surface area (Å²) in [6, 6.07) is 14.1. The monoisotopic (exact) mass is 339 g/mol. The van der Waals surface area contributed by atoms with E-state index >= 15 is 0 Å². The van der Waals surface area contributed by atoms with Gasteiger partial charge >= 0.3 is 0 Å². The number of hydrogen-bond donors (Lipinski definition) is 1. The van der Waals surface area contributed by atoms with E-state index in [1.165, 1.54) is 5.56 Å². The molecule has 1 atom stereocenters. The number of ether oxygens (including phenoxy) is 1. The maximum absolute atomic E-state index is 5.93. The molecule has 0 radical (unpaired) electrons. The Balaban J connectivity index is 2.36. The largest absolute Gasteiger partial charge is 0.496 e. The van der Waals surface area contributed by atoms with Gasteiger partial charge in [0.2, 0.25) is 0 Å². The molecule has 4 heteroatoms. The molecule has 0 saturated heterocycles. The summed E-state index contributed by atoms with van der Waals surface area (Å²) < 4.78 is 6.20. The quantitative estimate of drug-likeness (QED) is 0.889. The molecule has 0 spiro atoms. The Labute approximate surface area is 126 Å². The fraction of sp³-hybridized carbons (Fsp3) is 0.200. The van der Waals surface area contributed by atoms with Crippen LogP contribution in [-0.4, -0.2) is 14.2 Å². The topological polar surface area (TPSA) is 21.3 Å². The first-order chi connectivity index (χ1) is 9.15. The molecule has 2 aromatic carbocycles. The van der Waals surface area contributed by atoms with E-state index in [2.05, 4.69) is 33.4 Å². The van der Waals surface area contributed by atoms with Crippen LogP contribution in [0.5, 0.6) is 5.75 Å². The Morgan fingerprint density at radius 1 is 1.11 bits per heavy atom. The molecule has 0 aliphatic heterocycles. The molecule has 0 amide bonds. The number of methoxy groups -OCH3 is 1. The van der Waals surface area contributed by atoms with Crippen molar-refractivity contribution in [1.29, 1.82) is 0 Å². The van der Waals surface area contributed by atoms with Crippen molar-refractivity contribution in [2.24, 2.45) is 0 Å². The van der Waals surface area contributed by atoms with Crippen LogP contribution in [-0.2, 0) is 0 Å². The summed E-state index contributed by atoms with van der Waals surface area (Å²) in [5.41, 5.74) is 2.33. The third kappa shape index (κ3) is 3.30. The van der Waals surface area contributed by atoms with E-state index in [0.717, 1.165) is 20.8 Å². The van der Waals surface area contributed by atoms with Gasteiger partial charge in [-0.2, -0.15) is 0 Å². The van der Waals surface area contributed by atoms with Crippen LogP contribution < -0.4 is 10.1 Å². The van der Waals surface area contributed by atoms with E-state index in [0.29, 0.717) is 0 Å². The van der Waals surface area contributed by atoms with Gasteiger partial charge in [0.15, 0.2) is 0 Å². The van der Waals surface area contributed by atoms with Gasteiger partial charge in [0.05, 0.1) is 17.6 Å². The first-order valence-electron chi connectivity index (χ1n) is 5.92. The second-order valence-electron chi connectivity index (χ2n) is 4.17. The number of rotatable bonds is 4. The fourth-order valence-electron chi connectivity index (χ4n) is 2.04. The molecule has 1 N–H and O–H groups in total. The molecule has 19 heavy (non-hydrogen) atoms. The minimum absolute atomic E-state index is 0.125. The Hall–Kier alpha value is -1.03. The molecule has 0 aliphatic rings. The maximum atomic E-state index is 5.93. The maximum Gasteiger partial charge on any atom is 0.133 e. The van der Waals surface area contributed by atoms with Crippen LogP contribution in [0.4, 0.5) is 0 Å². The van der Waals surface area contributed by atoms with Gasteiger partial charge in [-0.3, -0.25) is 0 Å².